The maximum absolute atomic E-state index is 12.3. The highest BCUT2D eigenvalue weighted by Crippen LogP contribution is 2.16. The second-order valence-corrected chi connectivity index (χ2v) is 8.78. The van der Waals surface area contributed by atoms with Crippen LogP contribution in [-0.2, 0) is 14.6 Å². The summed E-state index contributed by atoms with van der Waals surface area (Å²) >= 11 is 5.80. The zero-order chi connectivity index (χ0) is 20.9. The number of rotatable bonds is 8. The number of amides is 1. The Bertz CT molecular complexity index is 1030. The van der Waals surface area contributed by atoms with Gasteiger partial charge < -0.3 is 15.4 Å². The number of sulfone groups is 1. The van der Waals surface area contributed by atoms with Crippen LogP contribution in [0.15, 0.2) is 35.3 Å². The van der Waals surface area contributed by atoms with Gasteiger partial charge in [-0.2, -0.15) is 0 Å². The number of hydrogen-bond donors (Lipinski definition) is 3. The average Bonchev–Trinajstić information content (AvgIpc) is 2.65. The molecule has 2 aromatic rings. The first-order valence-electron chi connectivity index (χ1n) is 8.22. The van der Waals surface area contributed by atoms with Gasteiger partial charge in [-0.3, -0.25) is 9.59 Å². The minimum atomic E-state index is -3.40. The standard InChI is InChI=1S/C17H18ClN3O6S/c1-2-28(26,27)8-7-13(17(24)25)20-15(22)12-9-19-14(21-16(12)23)10-3-5-11(18)6-4-10/h3-6,9,13H,2,7-8H2,1H3,(H,20,22)(H,24,25)(H,19,21,23). The molecule has 28 heavy (non-hydrogen) atoms. The van der Waals surface area contributed by atoms with Gasteiger partial charge in [-0.1, -0.05) is 18.5 Å². The van der Waals surface area contributed by atoms with Crippen molar-refractivity contribution >= 4 is 33.3 Å². The van der Waals surface area contributed by atoms with Gasteiger partial charge in [0.2, 0.25) is 0 Å². The summed E-state index contributed by atoms with van der Waals surface area (Å²) in [6.45, 7) is 1.44. The first-order chi connectivity index (χ1) is 13.1. The summed E-state index contributed by atoms with van der Waals surface area (Å²) in [5, 5.41) is 11.9. The number of aliphatic carboxylic acids is 1. The molecule has 0 fully saturated rings. The van der Waals surface area contributed by atoms with Crippen molar-refractivity contribution in [2.75, 3.05) is 11.5 Å². The van der Waals surface area contributed by atoms with E-state index < -0.39 is 39.1 Å². The number of carboxylic acid groups (broad SMARTS) is 1. The molecule has 150 valence electrons. The fraction of sp³-hybridized carbons (Fsp3) is 0.294. The van der Waals surface area contributed by atoms with Crippen LogP contribution in [0.1, 0.15) is 23.7 Å². The van der Waals surface area contributed by atoms with Crippen molar-refractivity contribution in [1.29, 1.82) is 0 Å². The number of nitrogens with zero attached hydrogens (tertiary/aromatic N) is 1. The molecule has 1 atom stereocenters. The van der Waals surface area contributed by atoms with Crippen molar-refractivity contribution in [1.82, 2.24) is 15.3 Å². The molecule has 11 heteroatoms. The van der Waals surface area contributed by atoms with Gasteiger partial charge in [-0.25, -0.2) is 18.2 Å². The van der Waals surface area contributed by atoms with E-state index in [0.717, 1.165) is 6.20 Å². The fourth-order valence-corrected chi connectivity index (χ4v) is 3.26. The van der Waals surface area contributed by atoms with Crippen molar-refractivity contribution in [3.05, 3.63) is 51.4 Å². The van der Waals surface area contributed by atoms with Crippen LogP contribution >= 0.6 is 11.6 Å². The molecule has 0 aliphatic heterocycles. The van der Waals surface area contributed by atoms with Crippen LogP contribution < -0.4 is 10.9 Å². The van der Waals surface area contributed by atoms with Gasteiger partial charge in [0, 0.05) is 22.5 Å². The van der Waals surface area contributed by atoms with Crippen molar-refractivity contribution in [3.8, 4) is 11.4 Å². The van der Waals surface area contributed by atoms with Crippen LogP contribution in [0, 0.1) is 0 Å². The SMILES string of the molecule is CCS(=O)(=O)CCC(NC(=O)c1cnc(-c2ccc(Cl)cc2)[nH]c1=O)C(=O)O. The summed E-state index contributed by atoms with van der Waals surface area (Å²) in [5.41, 5.74) is -0.577. The van der Waals surface area contributed by atoms with Crippen LogP contribution in [0.25, 0.3) is 11.4 Å². The number of hydrogen-bond acceptors (Lipinski definition) is 6. The van der Waals surface area contributed by atoms with Crippen LogP contribution in [0.3, 0.4) is 0 Å². The highest BCUT2D eigenvalue weighted by atomic mass is 35.5. The number of carboxylic acids is 1. The van der Waals surface area contributed by atoms with E-state index in [9.17, 15) is 27.9 Å². The minimum absolute atomic E-state index is 0.136. The zero-order valence-electron chi connectivity index (χ0n) is 14.8. The second kappa shape index (κ2) is 8.98. The monoisotopic (exact) mass is 427 g/mol. The third-order valence-electron chi connectivity index (χ3n) is 3.92. The Kier molecular flexibility index (Phi) is 6.92. The molecule has 1 aromatic carbocycles. The Labute approximate surface area is 165 Å². The summed E-state index contributed by atoms with van der Waals surface area (Å²) in [5.74, 6) is -2.69. The summed E-state index contributed by atoms with van der Waals surface area (Å²) in [6.07, 6.45) is 0.714. The number of aromatic amines is 1. The van der Waals surface area contributed by atoms with Gasteiger partial charge in [0.15, 0.2) is 0 Å². The van der Waals surface area contributed by atoms with E-state index >= 15 is 0 Å². The van der Waals surface area contributed by atoms with Gasteiger partial charge in [0.05, 0.1) is 5.75 Å². The first-order valence-corrected chi connectivity index (χ1v) is 10.4. The van der Waals surface area contributed by atoms with Crippen molar-refractivity contribution < 1.29 is 23.1 Å². The zero-order valence-corrected chi connectivity index (χ0v) is 16.4. The van der Waals surface area contributed by atoms with E-state index in [2.05, 4.69) is 15.3 Å². The van der Waals surface area contributed by atoms with Crippen molar-refractivity contribution in [2.45, 2.75) is 19.4 Å². The molecular formula is C17H18ClN3O6S. The van der Waals surface area contributed by atoms with Gasteiger partial charge in [-0.05, 0) is 30.7 Å². The molecule has 2 rings (SSSR count). The molecule has 0 saturated carbocycles. The summed E-state index contributed by atoms with van der Waals surface area (Å²) in [7, 11) is -3.40. The molecule has 0 spiro atoms. The molecule has 1 unspecified atom stereocenters. The van der Waals surface area contributed by atoms with E-state index in [-0.39, 0.29) is 23.6 Å². The Morgan fingerprint density at radius 3 is 2.46 bits per heavy atom. The fourth-order valence-electron chi connectivity index (χ4n) is 2.25. The van der Waals surface area contributed by atoms with E-state index in [1.165, 1.54) is 6.92 Å². The molecule has 1 aromatic heterocycles. The molecule has 0 aliphatic rings. The van der Waals surface area contributed by atoms with Gasteiger partial charge >= 0.3 is 5.97 Å². The van der Waals surface area contributed by atoms with Gasteiger partial charge in [0.25, 0.3) is 11.5 Å². The lowest BCUT2D eigenvalue weighted by Gasteiger charge is -2.14. The van der Waals surface area contributed by atoms with Crippen LogP contribution in [-0.4, -0.2) is 52.9 Å². The molecular weight excluding hydrogens is 410 g/mol. The Hall–Kier alpha value is -2.72. The maximum atomic E-state index is 12.3. The van der Waals surface area contributed by atoms with Crippen LogP contribution in [0.5, 0.6) is 0 Å². The third-order valence-corrected chi connectivity index (χ3v) is 5.91. The molecule has 1 heterocycles. The number of H-pyrrole nitrogens is 1. The van der Waals surface area contributed by atoms with Crippen molar-refractivity contribution in [2.24, 2.45) is 0 Å². The lowest BCUT2D eigenvalue weighted by molar-refractivity contribution is -0.139. The molecule has 0 bridgehead atoms. The Balaban J connectivity index is 2.17. The maximum Gasteiger partial charge on any atom is 0.326 e. The topological polar surface area (TPSA) is 146 Å². The summed E-state index contributed by atoms with van der Waals surface area (Å²) in [6, 6.07) is 5.03. The van der Waals surface area contributed by atoms with Gasteiger partial charge in [0.1, 0.15) is 27.3 Å². The smallest absolute Gasteiger partial charge is 0.326 e. The van der Waals surface area contributed by atoms with Crippen LogP contribution in [0.4, 0.5) is 0 Å². The Morgan fingerprint density at radius 2 is 1.93 bits per heavy atom. The molecule has 0 radical (unpaired) electrons. The normalized spacial score (nSPS) is 12.4. The quantitative estimate of drug-likeness (QED) is 0.571. The number of halogens is 1. The van der Waals surface area contributed by atoms with Crippen molar-refractivity contribution in [3.63, 3.8) is 0 Å². The van der Waals surface area contributed by atoms with Crippen LogP contribution in [0.2, 0.25) is 5.02 Å². The van der Waals surface area contributed by atoms with E-state index in [1.54, 1.807) is 24.3 Å². The first kappa shape index (κ1) is 21.6. The Morgan fingerprint density at radius 1 is 1.29 bits per heavy atom. The predicted molar refractivity (Wildman–Crippen MR) is 103 cm³/mol. The summed E-state index contributed by atoms with van der Waals surface area (Å²) < 4.78 is 23.1. The highest BCUT2D eigenvalue weighted by molar-refractivity contribution is 7.91. The molecule has 1 amide bonds. The minimum Gasteiger partial charge on any atom is -0.480 e. The molecule has 0 saturated heterocycles. The van der Waals surface area contributed by atoms with Gasteiger partial charge in [-0.15, -0.1) is 0 Å². The number of carbonyl (C=O) groups is 2. The number of benzene rings is 1. The number of nitrogens with one attached hydrogen (secondary N) is 2. The molecule has 0 aliphatic carbocycles. The van der Waals surface area contributed by atoms with E-state index in [0.29, 0.717) is 10.6 Å². The average molecular weight is 428 g/mol. The summed E-state index contributed by atoms with van der Waals surface area (Å²) in [4.78, 5) is 42.2. The lowest BCUT2D eigenvalue weighted by atomic mass is 10.2. The lowest BCUT2D eigenvalue weighted by Crippen LogP contribution is -2.43. The predicted octanol–water partition coefficient (Wildman–Crippen LogP) is 1.10. The van der Waals surface area contributed by atoms with E-state index in [1.807, 2.05) is 0 Å². The highest BCUT2D eigenvalue weighted by Gasteiger charge is 2.24. The molecule has 3 N–H and O–H groups in total. The second-order valence-electron chi connectivity index (χ2n) is 5.87. The number of aromatic nitrogens is 2. The largest absolute Gasteiger partial charge is 0.480 e. The number of carbonyl (C=O) groups excluding carboxylic acids is 1. The van der Waals surface area contributed by atoms with E-state index in [4.69, 9.17) is 11.6 Å². The third kappa shape index (κ3) is 5.64. The molecule has 9 nitrogen and oxygen atoms in total.